The van der Waals surface area contributed by atoms with Crippen molar-refractivity contribution in [3.05, 3.63) is 35.9 Å². The molecule has 2 amide bonds. The van der Waals surface area contributed by atoms with Crippen LogP contribution in [0.2, 0.25) is 0 Å². The lowest BCUT2D eigenvalue weighted by Gasteiger charge is -2.42. The van der Waals surface area contributed by atoms with E-state index >= 15 is 0 Å². The highest BCUT2D eigenvalue weighted by molar-refractivity contribution is 6.16. The molecule has 1 aromatic rings. The van der Waals surface area contributed by atoms with Crippen LogP contribution in [0.3, 0.4) is 0 Å². The molecule has 7 nitrogen and oxygen atoms in total. The van der Waals surface area contributed by atoms with Crippen LogP contribution < -0.4 is 10.1 Å². The van der Waals surface area contributed by atoms with E-state index in [1.807, 2.05) is 6.07 Å². The summed E-state index contributed by atoms with van der Waals surface area (Å²) in [5.74, 6) is -0.827. The SMILES string of the molecule is CC(=O)NCC(=O)N1CCC2(C=C(C(=O)O)c3ccccc3O2)CC1. The van der Waals surface area contributed by atoms with Crippen molar-refractivity contribution >= 4 is 23.4 Å². The summed E-state index contributed by atoms with van der Waals surface area (Å²) in [7, 11) is 0. The number of carboxylic acids is 1. The van der Waals surface area contributed by atoms with Crippen LogP contribution in [0.25, 0.3) is 5.57 Å². The number of nitrogens with one attached hydrogen (secondary N) is 1. The zero-order valence-electron chi connectivity index (χ0n) is 13.9. The summed E-state index contributed by atoms with van der Waals surface area (Å²) in [5.41, 5.74) is 0.0945. The number of rotatable bonds is 3. The third-order valence-electron chi connectivity index (χ3n) is 4.58. The van der Waals surface area contributed by atoms with Gasteiger partial charge in [0.15, 0.2) is 0 Å². The molecule has 2 heterocycles. The Bertz CT molecular complexity index is 748. The van der Waals surface area contributed by atoms with E-state index in [9.17, 15) is 19.5 Å². The zero-order chi connectivity index (χ0) is 18.0. The van der Waals surface area contributed by atoms with Gasteiger partial charge in [0.25, 0.3) is 0 Å². The molecule has 0 unspecified atom stereocenters. The van der Waals surface area contributed by atoms with E-state index in [4.69, 9.17) is 4.74 Å². The molecule has 132 valence electrons. The van der Waals surface area contributed by atoms with Crippen LogP contribution in [0.4, 0.5) is 0 Å². The van der Waals surface area contributed by atoms with Gasteiger partial charge >= 0.3 is 5.97 Å². The maximum Gasteiger partial charge on any atom is 0.336 e. The zero-order valence-corrected chi connectivity index (χ0v) is 13.9. The summed E-state index contributed by atoms with van der Waals surface area (Å²) in [4.78, 5) is 36.3. The van der Waals surface area contributed by atoms with Gasteiger partial charge in [0, 0.05) is 38.4 Å². The molecule has 0 bridgehead atoms. The predicted molar refractivity (Wildman–Crippen MR) is 89.9 cm³/mol. The van der Waals surface area contributed by atoms with E-state index in [0.717, 1.165) is 0 Å². The second-order valence-electron chi connectivity index (χ2n) is 6.32. The van der Waals surface area contributed by atoms with Gasteiger partial charge in [0.1, 0.15) is 11.4 Å². The molecule has 2 aliphatic rings. The number of nitrogens with zero attached hydrogens (tertiary/aromatic N) is 1. The van der Waals surface area contributed by atoms with E-state index in [0.29, 0.717) is 37.2 Å². The number of fused-ring (bicyclic) bond motifs is 1. The summed E-state index contributed by atoms with van der Waals surface area (Å²) in [6, 6.07) is 7.08. The average molecular weight is 344 g/mol. The van der Waals surface area contributed by atoms with Crippen molar-refractivity contribution in [2.75, 3.05) is 19.6 Å². The summed E-state index contributed by atoms with van der Waals surface area (Å²) in [6.07, 6.45) is 2.68. The molecular weight excluding hydrogens is 324 g/mol. The van der Waals surface area contributed by atoms with Crippen LogP contribution in [-0.2, 0) is 14.4 Å². The highest BCUT2D eigenvalue weighted by Crippen LogP contribution is 2.40. The van der Waals surface area contributed by atoms with Gasteiger partial charge in [0.05, 0.1) is 12.1 Å². The maximum atomic E-state index is 12.1. The third-order valence-corrected chi connectivity index (χ3v) is 4.58. The molecule has 0 saturated carbocycles. The molecule has 1 saturated heterocycles. The number of hydrogen-bond acceptors (Lipinski definition) is 4. The first-order valence-electron chi connectivity index (χ1n) is 8.17. The quantitative estimate of drug-likeness (QED) is 0.854. The van der Waals surface area contributed by atoms with Crippen molar-refractivity contribution in [3.63, 3.8) is 0 Å². The Morgan fingerprint density at radius 2 is 1.92 bits per heavy atom. The number of carboxylic acid groups (broad SMARTS) is 1. The van der Waals surface area contributed by atoms with E-state index in [2.05, 4.69) is 5.32 Å². The van der Waals surface area contributed by atoms with Crippen molar-refractivity contribution in [3.8, 4) is 5.75 Å². The van der Waals surface area contributed by atoms with E-state index in [-0.39, 0.29) is 23.9 Å². The van der Waals surface area contributed by atoms with E-state index in [1.165, 1.54) is 6.92 Å². The highest BCUT2D eigenvalue weighted by Gasteiger charge is 2.40. The standard InChI is InChI=1S/C18H20N2O5/c1-12(21)19-11-16(22)20-8-6-18(7-9-20)10-14(17(23)24)13-4-2-3-5-15(13)25-18/h2-5,10H,6-9,11H2,1H3,(H,19,21)(H,23,24). The van der Waals surface area contributed by atoms with Gasteiger partial charge in [-0.2, -0.15) is 0 Å². The highest BCUT2D eigenvalue weighted by atomic mass is 16.5. The number of aliphatic carboxylic acids is 1. The minimum Gasteiger partial charge on any atom is -0.482 e. The van der Waals surface area contributed by atoms with E-state index < -0.39 is 11.6 Å². The first kappa shape index (κ1) is 17.0. The molecule has 0 radical (unpaired) electrons. The Labute approximate surface area is 145 Å². The fourth-order valence-electron chi connectivity index (χ4n) is 3.24. The van der Waals surface area contributed by atoms with Crippen LogP contribution in [0.15, 0.2) is 30.3 Å². The lowest BCUT2D eigenvalue weighted by molar-refractivity contribution is -0.135. The molecular formula is C18H20N2O5. The molecule has 1 fully saturated rings. The van der Waals surface area contributed by atoms with Crippen LogP contribution in [0.1, 0.15) is 25.3 Å². The van der Waals surface area contributed by atoms with Crippen LogP contribution in [0, 0.1) is 0 Å². The lowest BCUT2D eigenvalue weighted by atomic mass is 9.85. The molecule has 1 spiro atoms. The molecule has 25 heavy (non-hydrogen) atoms. The van der Waals surface area contributed by atoms with Crippen LogP contribution >= 0.6 is 0 Å². The summed E-state index contributed by atoms with van der Waals surface area (Å²) in [5, 5.41) is 12.0. The number of ether oxygens (including phenoxy) is 1. The van der Waals surface area contributed by atoms with Gasteiger partial charge in [0.2, 0.25) is 11.8 Å². The van der Waals surface area contributed by atoms with Gasteiger partial charge in [-0.15, -0.1) is 0 Å². The van der Waals surface area contributed by atoms with Gasteiger partial charge in [-0.25, -0.2) is 4.79 Å². The lowest BCUT2D eigenvalue weighted by Crippen LogP contribution is -2.51. The Hall–Kier alpha value is -2.83. The normalized spacial score (nSPS) is 18.0. The summed E-state index contributed by atoms with van der Waals surface area (Å²) in [6.45, 7) is 2.24. The Morgan fingerprint density at radius 1 is 1.24 bits per heavy atom. The predicted octanol–water partition coefficient (Wildman–Crippen LogP) is 1.04. The molecule has 0 aromatic heterocycles. The van der Waals surface area contributed by atoms with E-state index in [1.54, 1.807) is 29.2 Å². The largest absolute Gasteiger partial charge is 0.482 e. The molecule has 0 atom stereocenters. The monoisotopic (exact) mass is 344 g/mol. The van der Waals surface area contributed by atoms with Gasteiger partial charge in [-0.05, 0) is 12.1 Å². The molecule has 1 aromatic carbocycles. The Kier molecular flexibility index (Phi) is 4.48. The number of piperidine rings is 1. The fourth-order valence-corrected chi connectivity index (χ4v) is 3.24. The third kappa shape index (κ3) is 3.50. The number of likely N-dealkylation sites (tertiary alicyclic amines) is 1. The first-order chi connectivity index (χ1) is 11.9. The van der Waals surface area contributed by atoms with Gasteiger partial charge in [-0.1, -0.05) is 18.2 Å². The number of para-hydroxylation sites is 1. The summed E-state index contributed by atoms with van der Waals surface area (Å²) >= 11 is 0. The number of carbonyl (C=O) groups excluding carboxylic acids is 2. The summed E-state index contributed by atoms with van der Waals surface area (Å²) < 4.78 is 6.12. The van der Waals surface area contributed by atoms with Crippen molar-refractivity contribution in [1.82, 2.24) is 10.2 Å². The molecule has 2 aliphatic heterocycles. The maximum absolute atomic E-state index is 12.1. The van der Waals surface area contributed by atoms with Crippen molar-refractivity contribution in [2.45, 2.75) is 25.4 Å². The number of benzene rings is 1. The fraction of sp³-hybridized carbons (Fsp3) is 0.389. The second-order valence-corrected chi connectivity index (χ2v) is 6.32. The molecule has 0 aliphatic carbocycles. The first-order valence-corrected chi connectivity index (χ1v) is 8.17. The van der Waals surface area contributed by atoms with Crippen molar-refractivity contribution in [2.24, 2.45) is 0 Å². The minimum absolute atomic E-state index is 0.0256. The number of amides is 2. The van der Waals surface area contributed by atoms with Crippen LogP contribution in [-0.4, -0.2) is 53.0 Å². The second kappa shape index (κ2) is 6.58. The Morgan fingerprint density at radius 3 is 2.56 bits per heavy atom. The van der Waals surface area contributed by atoms with Crippen molar-refractivity contribution < 1.29 is 24.2 Å². The number of hydrogen-bond donors (Lipinski definition) is 2. The van der Waals surface area contributed by atoms with Gasteiger partial charge < -0.3 is 20.1 Å². The number of carbonyl (C=O) groups is 3. The van der Waals surface area contributed by atoms with Crippen molar-refractivity contribution in [1.29, 1.82) is 0 Å². The molecule has 2 N–H and O–H groups in total. The topological polar surface area (TPSA) is 95.9 Å². The average Bonchev–Trinajstić information content (AvgIpc) is 2.59. The van der Waals surface area contributed by atoms with Crippen LogP contribution in [0.5, 0.6) is 5.75 Å². The molecule has 7 heteroatoms. The minimum atomic E-state index is -0.987. The molecule has 3 rings (SSSR count). The Balaban J connectivity index is 1.75. The smallest absolute Gasteiger partial charge is 0.336 e. The van der Waals surface area contributed by atoms with Gasteiger partial charge in [-0.3, -0.25) is 9.59 Å².